The number of thiophene rings is 1. The van der Waals surface area contributed by atoms with E-state index in [1.54, 1.807) is 12.1 Å². The summed E-state index contributed by atoms with van der Waals surface area (Å²) in [5, 5.41) is 10.9. The van der Waals surface area contributed by atoms with Crippen molar-refractivity contribution in [3.8, 4) is 10.8 Å². The molecule has 0 spiro atoms. The van der Waals surface area contributed by atoms with E-state index in [1.807, 2.05) is 5.38 Å². The van der Waals surface area contributed by atoms with E-state index in [9.17, 15) is 13.6 Å². The van der Waals surface area contributed by atoms with Gasteiger partial charge in [-0.05, 0) is 11.4 Å². The molecule has 0 unspecified atom stereocenters. The van der Waals surface area contributed by atoms with Crippen LogP contribution in [0, 0.1) is 0 Å². The van der Waals surface area contributed by atoms with E-state index in [4.69, 9.17) is 14.3 Å². The number of hydrogen-bond donors (Lipinski definition) is 1. The summed E-state index contributed by atoms with van der Waals surface area (Å²) in [6.45, 7) is -0.738. The molecule has 0 aliphatic rings. The number of carbonyl (C=O) groups is 1. The quantitative estimate of drug-likeness (QED) is 0.796. The average molecular weight is 303 g/mol. The maximum absolute atomic E-state index is 11.9. The number of halogens is 2. The van der Waals surface area contributed by atoms with Crippen molar-refractivity contribution in [1.29, 1.82) is 0 Å². The molecule has 0 bridgehead atoms. The fourth-order valence-corrected chi connectivity index (χ4v) is 2.18. The van der Waals surface area contributed by atoms with Crippen molar-refractivity contribution in [1.82, 2.24) is 4.98 Å². The zero-order valence-electron chi connectivity index (χ0n) is 10.2. The van der Waals surface area contributed by atoms with Crippen LogP contribution in [0.4, 0.5) is 8.78 Å². The lowest BCUT2D eigenvalue weighted by Crippen LogP contribution is -2.09. The molecule has 0 atom stereocenters. The van der Waals surface area contributed by atoms with Crippen LogP contribution in [0.15, 0.2) is 21.9 Å². The zero-order valence-corrected chi connectivity index (χ0v) is 11.0. The fraction of sp³-hybridized carbons (Fsp3) is 0.333. The van der Waals surface area contributed by atoms with Gasteiger partial charge >= 0.3 is 5.97 Å². The summed E-state index contributed by atoms with van der Waals surface area (Å²) in [5.41, 5.74) is -0.214. The molecule has 5 nitrogen and oxygen atoms in total. The SMILES string of the molecule is O=C(O)c1nc(-c2cccs2)oc1CCOCC(F)F. The molecule has 2 rings (SSSR count). The second-order valence-electron chi connectivity index (χ2n) is 3.79. The molecule has 2 aromatic heterocycles. The van der Waals surface area contributed by atoms with Gasteiger partial charge in [0.25, 0.3) is 6.43 Å². The predicted molar refractivity (Wildman–Crippen MR) is 67.3 cm³/mol. The molecule has 0 saturated carbocycles. The van der Waals surface area contributed by atoms with Crippen molar-refractivity contribution < 1.29 is 27.8 Å². The normalized spacial score (nSPS) is 11.2. The van der Waals surface area contributed by atoms with Crippen LogP contribution in [0.25, 0.3) is 10.8 Å². The topological polar surface area (TPSA) is 72.6 Å². The zero-order chi connectivity index (χ0) is 14.5. The highest BCUT2D eigenvalue weighted by Crippen LogP contribution is 2.26. The van der Waals surface area contributed by atoms with Crippen molar-refractivity contribution in [2.24, 2.45) is 0 Å². The standard InChI is InChI=1S/C12H11F2NO4S/c13-9(14)6-18-4-3-7-10(12(16)17)15-11(19-7)8-2-1-5-20-8/h1-2,5,9H,3-4,6H2,(H,16,17). The Morgan fingerprint density at radius 3 is 2.95 bits per heavy atom. The first-order chi connectivity index (χ1) is 9.58. The molecular formula is C12H11F2NO4S. The molecule has 0 saturated heterocycles. The minimum atomic E-state index is -2.55. The number of oxazole rings is 1. The lowest BCUT2D eigenvalue weighted by Gasteiger charge is -2.01. The summed E-state index contributed by atoms with van der Waals surface area (Å²) in [4.78, 5) is 15.7. The molecule has 2 aromatic rings. The Morgan fingerprint density at radius 1 is 1.55 bits per heavy atom. The number of carboxylic acids is 1. The molecule has 0 radical (unpaired) electrons. The van der Waals surface area contributed by atoms with Gasteiger partial charge in [0, 0.05) is 6.42 Å². The van der Waals surface area contributed by atoms with Gasteiger partial charge in [-0.1, -0.05) is 6.07 Å². The molecule has 0 aliphatic heterocycles. The van der Waals surface area contributed by atoms with Gasteiger partial charge < -0.3 is 14.3 Å². The molecule has 2 heterocycles. The monoisotopic (exact) mass is 303 g/mol. The van der Waals surface area contributed by atoms with Crippen molar-refractivity contribution in [2.75, 3.05) is 13.2 Å². The van der Waals surface area contributed by atoms with Crippen molar-refractivity contribution in [3.63, 3.8) is 0 Å². The number of alkyl halides is 2. The molecule has 0 amide bonds. The minimum absolute atomic E-state index is 0.0519. The van der Waals surface area contributed by atoms with Crippen LogP contribution in [0.3, 0.4) is 0 Å². The Bertz CT molecular complexity index is 568. The van der Waals surface area contributed by atoms with E-state index in [2.05, 4.69) is 4.98 Å². The Morgan fingerprint density at radius 2 is 2.35 bits per heavy atom. The van der Waals surface area contributed by atoms with Crippen molar-refractivity contribution in [3.05, 3.63) is 29.0 Å². The summed E-state index contributed by atoms with van der Waals surface area (Å²) in [6.07, 6.45) is -2.47. The van der Waals surface area contributed by atoms with E-state index in [0.29, 0.717) is 4.88 Å². The average Bonchev–Trinajstić information content (AvgIpc) is 3.02. The van der Waals surface area contributed by atoms with Gasteiger partial charge in [0.2, 0.25) is 5.89 Å². The van der Waals surface area contributed by atoms with Crippen molar-refractivity contribution in [2.45, 2.75) is 12.8 Å². The second kappa shape index (κ2) is 6.58. The van der Waals surface area contributed by atoms with E-state index < -0.39 is 19.0 Å². The second-order valence-corrected chi connectivity index (χ2v) is 4.74. The smallest absolute Gasteiger partial charge is 0.358 e. The summed E-state index contributed by atoms with van der Waals surface area (Å²) in [5.74, 6) is -0.892. The first-order valence-electron chi connectivity index (χ1n) is 5.70. The highest BCUT2D eigenvalue weighted by Gasteiger charge is 2.20. The molecule has 0 aliphatic carbocycles. The lowest BCUT2D eigenvalue weighted by atomic mass is 10.3. The Kier molecular flexibility index (Phi) is 4.80. The molecule has 8 heteroatoms. The molecule has 0 aromatic carbocycles. The third-order valence-electron chi connectivity index (χ3n) is 2.35. The third-order valence-corrected chi connectivity index (χ3v) is 3.21. The number of hydrogen-bond acceptors (Lipinski definition) is 5. The number of aromatic nitrogens is 1. The van der Waals surface area contributed by atoms with Crippen LogP contribution in [0.2, 0.25) is 0 Å². The molecule has 108 valence electrons. The van der Waals surface area contributed by atoms with Gasteiger partial charge in [0.1, 0.15) is 12.4 Å². The number of nitrogens with zero attached hydrogens (tertiary/aromatic N) is 1. The van der Waals surface area contributed by atoms with Gasteiger partial charge in [-0.25, -0.2) is 18.6 Å². The van der Waals surface area contributed by atoms with Crippen LogP contribution in [-0.2, 0) is 11.2 Å². The maximum atomic E-state index is 11.9. The summed E-state index contributed by atoms with van der Waals surface area (Å²) in [7, 11) is 0. The Labute approximate surface area is 116 Å². The van der Waals surface area contributed by atoms with Gasteiger partial charge in [-0.3, -0.25) is 0 Å². The van der Waals surface area contributed by atoms with Crippen LogP contribution in [0.1, 0.15) is 16.2 Å². The number of rotatable bonds is 7. The summed E-state index contributed by atoms with van der Waals surface area (Å²) >= 11 is 1.36. The molecule has 0 fully saturated rings. The van der Waals surface area contributed by atoms with Gasteiger partial charge in [-0.2, -0.15) is 0 Å². The fourth-order valence-electron chi connectivity index (χ4n) is 1.53. The number of carboxylic acid groups (broad SMARTS) is 1. The van der Waals surface area contributed by atoms with Gasteiger partial charge in [0.05, 0.1) is 11.5 Å². The highest BCUT2D eigenvalue weighted by atomic mass is 32.1. The number of aromatic carboxylic acids is 1. The van der Waals surface area contributed by atoms with Crippen molar-refractivity contribution >= 4 is 17.3 Å². The molecular weight excluding hydrogens is 292 g/mol. The lowest BCUT2D eigenvalue weighted by molar-refractivity contribution is 0.0175. The van der Waals surface area contributed by atoms with Crippen LogP contribution in [0.5, 0.6) is 0 Å². The number of ether oxygens (including phenoxy) is 1. The Hall–Kier alpha value is -1.80. The van der Waals surface area contributed by atoms with E-state index in [1.165, 1.54) is 11.3 Å². The van der Waals surface area contributed by atoms with Crippen LogP contribution >= 0.6 is 11.3 Å². The van der Waals surface area contributed by atoms with Gasteiger partial charge in [0.15, 0.2) is 5.69 Å². The minimum Gasteiger partial charge on any atom is -0.476 e. The Balaban J connectivity index is 2.09. The third kappa shape index (κ3) is 3.61. The van der Waals surface area contributed by atoms with Crippen LogP contribution < -0.4 is 0 Å². The maximum Gasteiger partial charge on any atom is 0.358 e. The largest absolute Gasteiger partial charge is 0.476 e. The highest BCUT2D eigenvalue weighted by molar-refractivity contribution is 7.13. The predicted octanol–water partition coefficient (Wildman–Crippen LogP) is 2.93. The van der Waals surface area contributed by atoms with E-state index in [-0.39, 0.29) is 30.4 Å². The molecule has 20 heavy (non-hydrogen) atoms. The molecule has 1 N–H and O–H groups in total. The summed E-state index contributed by atoms with van der Waals surface area (Å²) < 4.78 is 33.9. The first kappa shape index (κ1) is 14.6. The first-order valence-corrected chi connectivity index (χ1v) is 6.58. The van der Waals surface area contributed by atoms with Gasteiger partial charge in [-0.15, -0.1) is 11.3 Å². The van der Waals surface area contributed by atoms with E-state index >= 15 is 0 Å². The van der Waals surface area contributed by atoms with E-state index in [0.717, 1.165) is 0 Å². The van der Waals surface area contributed by atoms with Crippen LogP contribution in [-0.4, -0.2) is 35.7 Å². The summed E-state index contributed by atoms with van der Waals surface area (Å²) in [6, 6.07) is 3.54.